The second-order valence-corrected chi connectivity index (χ2v) is 25.6. The topological polar surface area (TPSA) is 400 Å². The molecule has 0 radical (unpaired) electrons. The smallest absolute Gasteiger partial charge is 0.412 e. The van der Waals surface area contributed by atoms with Crippen molar-refractivity contribution in [2.75, 3.05) is 45.0 Å². The number of hydrogen-bond acceptors (Lipinski definition) is 21. The maximum Gasteiger partial charge on any atom is 0.412 e. The molecule has 2 aliphatic heterocycles. The highest BCUT2D eigenvalue weighted by molar-refractivity contribution is 5.88. The summed E-state index contributed by atoms with van der Waals surface area (Å²) in [6, 6.07) is 45.7. The molecule has 15 N–H and O–H groups in total. The lowest BCUT2D eigenvalue weighted by atomic mass is 9.84. The Balaban J connectivity index is 1.04. The highest BCUT2D eigenvalue weighted by atomic mass is 16.8. The van der Waals surface area contributed by atoms with Gasteiger partial charge in [-0.2, -0.15) is 0 Å². The van der Waals surface area contributed by atoms with E-state index in [1.54, 1.807) is 182 Å². The van der Waals surface area contributed by atoms with Crippen LogP contribution >= 0.6 is 0 Å². The lowest BCUT2D eigenvalue weighted by molar-refractivity contribution is -0.327. The predicted molar refractivity (Wildman–Crippen MR) is 390 cm³/mol. The molecule has 0 spiro atoms. The van der Waals surface area contributed by atoms with Gasteiger partial charge in [0.05, 0.1) is 6.04 Å². The van der Waals surface area contributed by atoms with Crippen LogP contribution in [0.4, 0.5) is 62.9 Å². The fraction of sp³-hybridized carbons (Fsp3) is 0.434. The van der Waals surface area contributed by atoms with Crippen molar-refractivity contribution in [1.29, 1.82) is 0 Å². The van der Waals surface area contributed by atoms with Gasteiger partial charge in [0, 0.05) is 65.7 Å². The molecule has 104 heavy (non-hydrogen) atoms. The Kier molecular flexibility index (Phi) is 31.1. The molecule has 558 valence electrons. The number of rotatable bonds is 33. The van der Waals surface area contributed by atoms with E-state index in [4.69, 9.17) is 70.3 Å². The van der Waals surface area contributed by atoms with Gasteiger partial charge in [0.2, 0.25) is 5.91 Å². The zero-order valence-corrected chi connectivity index (χ0v) is 58.3. The average Bonchev–Trinajstić information content (AvgIpc) is 0.767. The molecular weight excluding hydrogens is 1340 g/mol. The van der Waals surface area contributed by atoms with Gasteiger partial charge in [0.25, 0.3) is 0 Å². The van der Waals surface area contributed by atoms with Gasteiger partial charge in [0.1, 0.15) is 24.4 Å². The van der Waals surface area contributed by atoms with E-state index < -0.39 is 135 Å². The highest BCUT2D eigenvalue weighted by Gasteiger charge is 2.58. The van der Waals surface area contributed by atoms with Gasteiger partial charge in [-0.1, -0.05) is 193 Å². The standard InChI is InChI=1S/C76H97N11O17/c1-2-3-4-5-6-7-8-9-10-11-12-13-32-45-59(88)81-48-58-63(99-71(89)82-49-33-20-14-21-34-49)60(80)65(101-73(91)84-51-37-24-16-25-38-51)69(96-58)97-61-55(78)46-56(79)62(66(61)102-74(92)85-52-39-26-17-27-40-52)98-70-68(104-76(94)87-54-43-30-19-31-44-54)67(103-75(93)86-53-41-28-18-29-42-53)64(57(47-77)95-70)100-72(90)83-50-35-22-15-23-36-50/h14-31,33-44,55-58,60-70H,2-13,32,45-48,77-80H2,1H3,(H,81,88)(H,82,89)(H,83,90)(H,84,91)(H,85,92)(H,86,93)(H,87,94)/t55-,56+,57+,58+,60-,61+,62-,63+,64+,65+,66-,67-,68+,69+,70?/m0/s1. The number of nitrogens with two attached hydrogens (primary N) is 4. The fourth-order valence-electron chi connectivity index (χ4n) is 12.5. The number of ether oxygens (including phenoxy) is 10. The van der Waals surface area contributed by atoms with E-state index in [0.29, 0.717) is 23.5 Å². The van der Waals surface area contributed by atoms with Crippen LogP contribution in [-0.2, 0) is 52.2 Å². The molecule has 7 amide bonds. The first-order valence-corrected chi connectivity index (χ1v) is 35.6. The van der Waals surface area contributed by atoms with Gasteiger partial charge in [-0.3, -0.25) is 36.7 Å². The number of amides is 7. The quantitative estimate of drug-likeness (QED) is 0.0135. The molecule has 1 aliphatic carbocycles. The van der Waals surface area contributed by atoms with Crippen molar-refractivity contribution in [3.05, 3.63) is 182 Å². The second kappa shape index (κ2) is 41.4. The molecule has 3 aliphatic rings. The zero-order valence-electron chi connectivity index (χ0n) is 58.3. The number of unbranched alkanes of at least 4 members (excludes halogenated alkanes) is 12. The molecular formula is C76H97N11O17. The summed E-state index contributed by atoms with van der Waals surface area (Å²) in [7, 11) is 0. The molecule has 6 aromatic rings. The van der Waals surface area contributed by atoms with Crippen LogP contribution < -0.4 is 60.2 Å². The van der Waals surface area contributed by atoms with Gasteiger partial charge in [0.15, 0.2) is 49.2 Å². The average molecular weight is 1440 g/mol. The Bertz CT molecular complexity index is 3590. The minimum atomic E-state index is -1.93. The molecule has 1 saturated carbocycles. The van der Waals surface area contributed by atoms with Gasteiger partial charge >= 0.3 is 36.6 Å². The molecule has 2 saturated heterocycles. The minimum absolute atomic E-state index is 0.163. The van der Waals surface area contributed by atoms with E-state index in [1.807, 2.05) is 0 Å². The molecule has 15 atom stereocenters. The van der Waals surface area contributed by atoms with E-state index in [2.05, 4.69) is 44.1 Å². The summed E-state index contributed by atoms with van der Waals surface area (Å²) in [5.74, 6) is -0.337. The van der Waals surface area contributed by atoms with Crippen molar-refractivity contribution in [3.8, 4) is 0 Å². The predicted octanol–water partition coefficient (Wildman–Crippen LogP) is 11.9. The number of hydrogen-bond donors (Lipinski definition) is 11. The number of benzene rings is 6. The van der Waals surface area contributed by atoms with Gasteiger partial charge < -0.3 is 75.6 Å². The van der Waals surface area contributed by atoms with Gasteiger partial charge in [-0.25, -0.2) is 28.8 Å². The highest BCUT2D eigenvalue weighted by Crippen LogP contribution is 2.37. The van der Waals surface area contributed by atoms with Crippen molar-refractivity contribution in [2.45, 2.75) is 195 Å². The molecule has 2 heterocycles. The van der Waals surface area contributed by atoms with Gasteiger partial charge in [-0.15, -0.1) is 0 Å². The summed E-state index contributed by atoms with van der Waals surface area (Å²) in [6.07, 6.45) is -12.3. The summed E-state index contributed by atoms with van der Waals surface area (Å²) < 4.78 is 64.2. The monoisotopic (exact) mass is 1440 g/mol. The fourth-order valence-corrected chi connectivity index (χ4v) is 12.5. The van der Waals surface area contributed by atoms with Crippen LogP contribution in [0.3, 0.4) is 0 Å². The van der Waals surface area contributed by atoms with Crippen molar-refractivity contribution in [2.24, 2.45) is 22.9 Å². The number of anilines is 6. The molecule has 0 bridgehead atoms. The largest absolute Gasteiger partial charge is 0.441 e. The minimum Gasteiger partial charge on any atom is -0.441 e. The Morgan fingerprint density at radius 2 is 0.644 bits per heavy atom. The summed E-state index contributed by atoms with van der Waals surface area (Å²) in [4.78, 5) is 99.2. The van der Waals surface area contributed by atoms with Crippen molar-refractivity contribution < 1.29 is 80.9 Å². The maximum absolute atomic E-state index is 14.6. The Labute approximate surface area is 605 Å². The molecule has 6 aromatic carbocycles. The summed E-state index contributed by atoms with van der Waals surface area (Å²) in [5, 5.41) is 18.9. The Morgan fingerprint density at radius 3 is 1.00 bits per heavy atom. The third kappa shape index (κ3) is 24.6. The summed E-state index contributed by atoms with van der Waals surface area (Å²) >= 11 is 0. The molecule has 9 rings (SSSR count). The van der Waals surface area contributed by atoms with Crippen molar-refractivity contribution in [1.82, 2.24) is 5.32 Å². The van der Waals surface area contributed by atoms with Gasteiger partial charge in [-0.05, 0) is 85.6 Å². The first-order valence-electron chi connectivity index (χ1n) is 35.6. The lowest BCUT2D eigenvalue weighted by Crippen LogP contribution is -2.70. The van der Waals surface area contributed by atoms with E-state index in [1.165, 1.54) is 51.4 Å². The number of carbonyl (C=O) groups excluding carboxylic acids is 7. The lowest BCUT2D eigenvalue weighted by Gasteiger charge is -2.50. The van der Waals surface area contributed by atoms with E-state index in [-0.39, 0.29) is 42.4 Å². The second-order valence-electron chi connectivity index (χ2n) is 25.6. The van der Waals surface area contributed by atoms with E-state index >= 15 is 0 Å². The van der Waals surface area contributed by atoms with E-state index in [0.717, 1.165) is 25.7 Å². The Hall–Kier alpha value is -9.91. The first-order chi connectivity index (χ1) is 50.6. The molecule has 1 unspecified atom stereocenters. The number of carbonyl (C=O) groups is 7. The number of para-hydroxylation sites is 6. The van der Waals surface area contributed by atoms with Crippen LogP contribution in [0.15, 0.2) is 182 Å². The molecule has 0 aromatic heterocycles. The van der Waals surface area contributed by atoms with Crippen LogP contribution in [-0.4, -0.2) is 147 Å². The number of nitrogens with one attached hydrogen (secondary N) is 7. The zero-order chi connectivity index (χ0) is 73.4. The Morgan fingerprint density at radius 1 is 0.356 bits per heavy atom. The maximum atomic E-state index is 14.6. The van der Waals surface area contributed by atoms with Crippen LogP contribution in [0, 0.1) is 0 Å². The SMILES string of the molecule is CCCCCCCCCCCCCCCC(=O)NC[C@H]1O[C@H](O[C@H]2[C@H](OC(=O)Nc3ccccc3)[C@@H](OC3O[C@H](CN)[C@@H](OC(=O)Nc4ccccc4)[C@H](OC(=O)Nc4ccccc4)[C@H]3OC(=O)Nc3ccccc3)[C@H](N)C[C@@H]2N)[C@H](OC(=O)Nc2ccccc2)[C@@H](N)[C@@H]1OC(=O)Nc1ccccc1. The summed E-state index contributed by atoms with van der Waals surface area (Å²) in [6.45, 7) is 1.43. The summed E-state index contributed by atoms with van der Waals surface area (Å²) in [5.41, 5.74) is 29.8. The molecule has 28 heteroatoms. The van der Waals surface area contributed by atoms with E-state index in [9.17, 15) is 33.6 Å². The van der Waals surface area contributed by atoms with Crippen molar-refractivity contribution in [3.63, 3.8) is 0 Å². The molecule has 28 nitrogen and oxygen atoms in total. The van der Waals surface area contributed by atoms with Crippen LogP contribution in [0.2, 0.25) is 0 Å². The normalized spacial score (nSPS) is 24.2. The van der Waals surface area contributed by atoms with Crippen molar-refractivity contribution >= 4 is 76.6 Å². The van der Waals surface area contributed by atoms with Crippen LogP contribution in [0.1, 0.15) is 103 Å². The molecule has 3 fully saturated rings. The van der Waals surface area contributed by atoms with Crippen LogP contribution in [0.25, 0.3) is 0 Å². The first kappa shape index (κ1) is 78.2. The third-order valence-electron chi connectivity index (χ3n) is 17.7. The third-order valence-corrected chi connectivity index (χ3v) is 17.7. The van der Waals surface area contributed by atoms with Crippen LogP contribution in [0.5, 0.6) is 0 Å².